The molecule has 1 atom stereocenters. The van der Waals surface area contributed by atoms with Gasteiger partial charge in [0.1, 0.15) is 17.7 Å². The third-order valence-electron chi connectivity index (χ3n) is 3.90. The van der Waals surface area contributed by atoms with Crippen molar-refractivity contribution >= 4 is 5.91 Å². The molecular formula is C17H21FN4O2. The number of ether oxygens (including phenoxy) is 1. The van der Waals surface area contributed by atoms with Crippen LogP contribution in [0.25, 0.3) is 0 Å². The highest BCUT2D eigenvalue weighted by atomic mass is 19.1. The molecule has 0 bridgehead atoms. The number of carbonyl (C=O) groups excluding carboxylic acids is 1. The van der Waals surface area contributed by atoms with Crippen LogP contribution >= 0.6 is 0 Å². The standard InChI is InChI=1S/C17H21FN4O2/c1-21(2)10-12-9-19-16(20-12)15-11-22(7-8-24-15)17(23)13-5-3-4-6-14(13)18/h3-6,9,15H,7-8,10-11H2,1-2H3,(H,19,20). The van der Waals surface area contributed by atoms with Gasteiger partial charge in [-0.05, 0) is 26.2 Å². The summed E-state index contributed by atoms with van der Waals surface area (Å²) in [4.78, 5) is 23.8. The average molecular weight is 332 g/mol. The number of halogens is 1. The monoisotopic (exact) mass is 332 g/mol. The first-order chi connectivity index (χ1) is 11.5. The Bertz CT molecular complexity index is 716. The van der Waals surface area contributed by atoms with E-state index < -0.39 is 5.82 Å². The number of aromatic amines is 1. The summed E-state index contributed by atoms with van der Waals surface area (Å²) in [6, 6.07) is 6.03. The minimum Gasteiger partial charge on any atom is -0.367 e. The smallest absolute Gasteiger partial charge is 0.257 e. The van der Waals surface area contributed by atoms with E-state index >= 15 is 0 Å². The van der Waals surface area contributed by atoms with E-state index in [4.69, 9.17) is 4.74 Å². The Hall–Kier alpha value is -2.25. The van der Waals surface area contributed by atoms with Gasteiger partial charge in [0.2, 0.25) is 0 Å². The van der Waals surface area contributed by atoms with Crippen LogP contribution < -0.4 is 0 Å². The van der Waals surface area contributed by atoms with Gasteiger partial charge in [-0.2, -0.15) is 0 Å². The molecule has 1 N–H and O–H groups in total. The Labute approximate surface area is 140 Å². The number of hydrogen-bond donors (Lipinski definition) is 1. The second-order valence-corrected chi connectivity index (χ2v) is 6.12. The summed E-state index contributed by atoms with van der Waals surface area (Å²) < 4.78 is 19.6. The molecule has 0 aliphatic carbocycles. The van der Waals surface area contributed by atoms with E-state index in [0.717, 1.165) is 12.2 Å². The van der Waals surface area contributed by atoms with Gasteiger partial charge >= 0.3 is 0 Å². The lowest BCUT2D eigenvalue weighted by Gasteiger charge is -2.32. The first-order valence-corrected chi connectivity index (χ1v) is 7.88. The third kappa shape index (κ3) is 3.63. The molecule has 24 heavy (non-hydrogen) atoms. The lowest BCUT2D eigenvalue weighted by molar-refractivity contribution is -0.0266. The van der Waals surface area contributed by atoms with Gasteiger partial charge in [0, 0.05) is 25.0 Å². The van der Waals surface area contributed by atoms with Crippen LogP contribution in [0, 0.1) is 5.82 Å². The van der Waals surface area contributed by atoms with Gasteiger partial charge in [0.15, 0.2) is 0 Å². The SMILES string of the molecule is CN(C)Cc1cnc(C2CN(C(=O)c3ccccc3F)CCO2)[nH]1. The van der Waals surface area contributed by atoms with Crippen molar-refractivity contribution in [3.05, 3.63) is 53.4 Å². The second-order valence-electron chi connectivity index (χ2n) is 6.12. The summed E-state index contributed by atoms with van der Waals surface area (Å²) in [5.41, 5.74) is 1.07. The van der Waals surface area contributed by atoms with Gasteiger partial charge in [-0.15, -0.1) is 0 Å². The van der Waals surface area contributed by atoms with E-state index in [0.29, 0.717) is 25.5 Å². The van der Waals surface area contributed by atoms with Gasteiger partial charge < -0.3 is 19.5 Å². The quantitative estimate of drug-likeness (QED) is 0.928. The molecule has 1 unspecified atom stereocenters. The molecule has 1 aromatic heterocycles. The van der Waals surface area contributed by atoms with Gasteiger partial charge in [-0.1, -0.05) is 12.1 Å². The van der Waals surface area contributed by atoms with Crippen LogP contribution in [0.4, 0.5) is 4.39 Å². The average Bonchev–Trinajstić information content (AvgIpc) is 3.02. The maximum absolute atomic E-state index is 13.8. The van der Waals surface area contributed by atoms with Gasteiger partial charge in [0.25, 0.3) is 5.91 Å². The maximum atomic E-state index is 13.8. The fourth-order valence-corrected chi connectivity index (χ4v) is 2.77. The highest BCUT2D eigenvalue weighted by molar-refractivity contribution is 5.94. The largest absolute Gasteiger partial charge is 0.367 e. The van der Waals surface area contributed by atoms with Crippen LogP contribution in [-0.4, -0.2) is 59.5 Å². The highest BCUT2D eigenvalue weighted by Gasteiger charge is 2.28. The molecule has 6 nitrogen and oxygen atoms in total. The molecule has 128 valence electrons. The molecule has 1 aromatic carbocycles. The number of rotatable bonds is 4. The molecule has 2 heterocycles. The normalized spacial score (nSPS) is 18.2. The predicted octanol–water partition coefficient (Wildman–Crippen LogP) is 1.82. The molecule has 1 amide bonds. The number of benzene rings is 1. The molecule has 1 aliphatic rings. The van der Waals surface area contributed by atoms with E-state index in [1.807, 2.05) is 19.0 Å². The summed E-state index contributed by atoms with van der Waals surface area (Å²) in [5, 5.41) is 0. The summed E-state index contributed by atoms with van der Waals surface area (Å²) in [6.45, 7) is 1.93. The zero-order valence-corrected chi connectivity index (χ0v) is 13.8. The van der Waals surface area contributed by atoms with Gasteiger partial charge in [-0.25, -0.2) is 9.37 Å². The molecular weight excluding hydrogens is 311 g/mol. The molecule has 3 rings (SSSR count). The number of hydrogen-bond acceptors (Lipinski definition) is 4. The third-order valence-corrected chi connectivity index (χ3v) is 3.90. The zero-order chi connectivity index (χ0) is 17.1. The fraction of sp³-hybridized carbons (Fsp3) is 0.412. The number of nitrogens with zero attached hydrogens (tertiary/aromatic N) is 3. The van der Waals surface area contributed by atoms with Crippen molar-refractivity contribution in [3.63, 3.8) is 0 Å². The van der Waals surface area contributed by atoms with Gasteiger partial charge in [0.05, 0.1) is 18.7 Å². The van der Waals surface area contributed by atoms with Crippen LogP contribution in [0.15, 0.2) is 30.5 Å². The van der Waals surface area contributed by atoms with Crippen molar-refractivity contribution in [2.45, 2.75) is 12.6 Å². The lowest BCUT2D eigenvalue weighted by atomic mass is 10.1. The Morgan fingerprint density at radius 2 is 2.25 bits per heavy atom. The van der Waals surface area contributed by atoms with Crippen LogP contribution in [0.5, 0.6) is 0 Å². The summed E-state index contributed by atoms with van der Waals surface area (Å²) in [7, 11) is 3.96. The van der Waals surface area contributed by atoms with Crippen molar-refractivity contribution in [2.24, 2.45) is 0 Å². The number of imidazole rings is 1. The van der Waals surface area contributed by atoms with Crippen molar-refractivity contribution in [2.75, 3.05) is 33.8 Å². The Morgan fingerprint density at radius 1 is 1.46 bits per heavy atom. The van der Waals surface area contributed by atoms with Crippen molar-refractivity contribution in [1.82, 2.24) is 19.8 Å². The first kappa shape index (κ1) is 16.6. The Morgan fingerprint density at radius 3 is 3.00 bits per heavy atom. The maximum Gasteiger partial charge on any atom is 0.257 e. The van der Waals surface area contributed by atoms with Crippen LogP contribution in [0.1, 0.15) is 28.0 Å². The van der Waals surface area contributed by atoms with Crippen molar-refractivity contribution in [3.8, 4) is 0 Å². The van der Waals surface area contributed by atoms with E-state index in [-0.39, 0.29) is 17.6 Å². The molecule has 0 spiro atoms. The summed E-state index contributed by atoms with van der Waals surface area (Å²) in [6.07, 6.45) is 1.45. The minimum atomic E-state index is -0.503. The fourth-order valence-electron chi connectivity index (χ4n) is 2.77. The number of carbonyl (C=O) groups is 1. The molecule has 0 saturated carbocycles. The second kappa shape index (κ2) is 7.11. The predicted molar refractivity (Wildman–Crippen MR) is 87.0 cm³/mol. The summed E-state index contributed by atoms with van der Waals surface area (Å²) in [5.74, 6) is -0.129. The highest BCUT2D eigenvalue weighted by Crippen LogP contribution is 2.22. The first-order valence-electron chi connectivity index (χ1n) is 7.88. The van der Waals surface area contributed by atoms with E-state index in [9.17, 15) is 9.18 Å². The zero-order valence-electron chi connectivity index (χ0n) is 13.8. The molecule has 1 aliphatic heterocycles. The Kier molecular flexibility index (Phi) is 4.92. The molecule has 1 saturated heterocycles. The number of aromatic nitrogens is 2. The van der Waals surface area contributed by atoms with E-state index in [2.05, 4.69) is 9.97 Å². The number of morpholine rings is 1. The van der Waals surface area contributed by atoms with Gasteiger partial charge in [-0.3, -0.25) is 4.79 Å². The Balaban J connectivity index is 1.71. The summed E-state index contributed by atoms with van der Waals surface area (Å²) >= 11 is 0. The van der Waals surface area contributed by atoms with Crippen molar-refractivity contribution in [1.29, 1.82) is 0 Å². The molecule has 7 heteroatoms. The number of amides is 1. The topological polar surface area (TPSA) is 61.5 Å². The molecule has 1 fully saturated rings. The minimum absolute atomic E-state index is 0.0888. The van der Waals surface area contributed by atoms with Crippen molar-refractivity contribution < 1.29 is 13.9 Å². The number of H-pyrrole nitrogens is 1. The van der Waals surface area contributed by atoms with Crippen LogP contribution in [0.2, 0.25) is 0 Å². The number of nitrogens with one attached hydrogen (secondary N) is 1. The van der Waals surface area contributed by atoms with Crippen LogP contribution in [0.3, 0.4) is 0 Å². The van der Waals surface area contributed by atoms with E-state index in [1.54, 1.807) is 23.2 Å². The lowest BCUT2D eigenvalue weighted by Crippen LogP contribution is -2.42. The molecule has 2 aromatic rings. The van der Waals surface area contributed by atoms with E-state index in [1.165, 1.54) is 12.1 Å². The van der Waals surface area contributed by atoms with Crippen LogP contribution in [-0.2, 0) is 11.3 Å². The molecule has 0 radical (unpaired) electrons.